The highest BCUT2D eigenvalue weighted by molar-refractivity contribution is 6.08. The normalized spacial score (nSPS) is 18.3. The van der Waals surface area contributed by atoms with Gasteiger partial charge in [-0.2, -0.15) is 0 Å². The van der Waals surface area contributed by atoms with Crippen LogP contribution in [-0.2, 0) is 21.5 Å². The molecule has 0 radical (unpaired) electrons. The van der Waals surface area contributed by atoms with Crippen LogP contribution < -0.4 is 16.0 Å². The van der Waals surface area contributed by atoms with Crippen LogP contribution in [0.5, 0.6) is 0 Å². The van der Waals surface area contributed by atoms with Crippen molar-refractivity contribution in [3.8, 4) is 0 Å². The predicted molar refractivity (Wildman–Crippen MR) is 160 cm³/mol. The Morgan fingerprint density at radius 2 is 1.66 bits per heavy atom. The minimum atomic E-state index is -1.26. The molecule has 1 aliphatic heterocycles. The van der Waals surface area contributed by atoms with Gasteiger partial charge in [-0.25, -0.2) is 4.79 Å². The summed E-state index contributed by atoms with van der Waals surface area (Å²) in [7, 11) is 0. The van der Waals surface area contributed by atoms with E-state index < -0.39 is 23.6 Å². The third kappa shape index (κ3) is 7.03. The van der Waals surface area contributed by atoms with E-state index in [-0.39, 0.29) is 30.2 Å². The molecule has 5 N–H and O–H groups in total. The zero-order valence-electron chi connectivity index (χ0n) is 23.8. The highest BCUT2D eigenvalue weighted by Crippen LogP contribution is 2.35. The van der Waals surface area contributed by atoms with E-state index >= 15 is 0 Å². The lowest BCUT2D eigenvalue weighted by Gasteiger charge is -2.29. The Morgan fingerprint density at radius 3 is 2.34 bits per heavy atom. The number of amides is 3. The summed E-state index contributed by atoms with van der Waals surface area (Å²) in [6, 6.07) is 22.0. The van der Waals surface area contributed by atoms with Crippen LogP contribution in [-0.4, -0.2) is 52.5 Å². The van der Waals surface area contributed by atoms with Crippen LogP contribution in [0.2, 0.25) is 0 Å². The molecule has 3 aromatic carbocycles. The fourth-order valence-electron chi connectivity index (χ4n) is 5.59. The van der Waals surface area contributed by atoms with Crippen molar-refractivity contribution < 1.29 is 19.5 Å². The molecule has 1 fully saturated rings. The van der Waals surface area contributed by atoms with Gasteiger partial charge < -0.3 is 21.1 Å². The van der Waals surface area contributed by atoms with Gasteiger partial charge in [-0.15, -0.1) is 0 Å². The molecule has 0 aliphatic carbocycles. The number of nitrogens with zero attached hydrogens (tertiary/aromatic N) is 1. The third-order valence-electron chi connectivity index (χ3n) is 7.47. The molecule has 0 saturated carbocycles. The fraction of sp³-hybridized carbons (Fsp3) is 0.375. The van der Waals surface area contributed by atoms with Crippen LogP contribution in [0.4, 0.5) is 4.79 Å². The van der Waals surface area contributed by atoms with Crippen molar-refractivity contribution in [2.24, 2.45) is 5.92 Å². The van der Waals surface area contributed by atoms with Crippen molar-refractivity contribution in [1.29, 1.82) is 5.41 Å². The minimum absolute atomic E-state index is 0.0808. The topological polar surface area (TPSA) is 135 Å². The number of carbonyl (C=O) groups is 3. The van der Waals surface area contributed by atoms with Gasteiger partial charge in [0.05, 0.1) is 0 Å². The van der Waals surface area contributed by atoms with E-state index in [4.69, 9.17) is 5.41 Å². The lowest BCUT2D eigenvalue weighted by atomic mass is 9.82. The maximum atomic E-state index is 13.7. The Labute approximate surface area is 240 Å². The number of hydrogen-bond acceptors (Lipinski definition) is 4. The van der Waals surface area contributed by atoms with Gasteiger partial charge in [0, 0.05) is 19.0 Å². The van der Waals surface area contributed by atoms with Gasteiger partial charge in [0.2, 0.25) is 5.91 Å². The van der Waals surface area contributed by atoms with Crippen LogP contribution in [0.25, 0.3) is 10.8 Å². The summed E-state index contributed by atoms with van der Waals surface area (Å²) in [6.45, 7) is 6.31. The van der Waals surface area contributed by atoms with E-state index in [2.05, 4.69) is 29.8 Å². The summed E-state index contributed by atoms with van der Waals surface area (Å²) in [5.41, 5.74) is 0.729. The first kappa shape index (κ1) is 29.6. The number of hydrogen-bond donors (Lipinski definition) is 5. The van der Waals surface area contributed by atoms with Crippen molar-refractivity contribution in [2.75, 3.05) is 6.54 Å². The molecular weight excluding hydrogens is 518 g/mol. The molecule has 3 aromatic rings. The standard InChI is InChI=1S/C32H39N5O4/c1-21(2)20-32(26-13-5-4-6-14-26)29(39)37(30(33)36-32)17-9-10-22(3)34-28(38)27(35-31(40)41)19-23-15-16-24-11-7-8-12-25(24)18-23/h4-8,11-16,18,21-22,27,35H,9-10,17,19-20H2,1-3H3,(H2,33,36)(H,34,38)(H,40,41)/t22?,27?,32-/m1/s1. The average Bonchev–Trinajstić information content (AvgIpc) is 3.17. The van der Waals surface area contributed by atoms with Crippen molar-refractivity contribution in [1.82, 2.24) is 20.9 Å². The van der Waals surface area contributed by atoms with Gasteiger partial charge in [-0.05, 0) is 54.0 Å². The largest absolute Gasteiger partial charge is 0.465 e. The van der Waals surface area contributed by atoms with Crippen LogP contribution in [0.1, 0.15) is 51.2 Å². The molecule has 9 nitrogen and oxygen atoms in total. The van der Waals surface area contributed by atoms with Crippen LogP contribution in [0.15, 0.2) is 72.8 Å². The molecule has 1 saturated heterocycles. The summed E-state index contributed by atoms with van der Waals surface area (Å²) >= 11 is 0. The van der Waals surface area contributed by atoms with Crippen molar-refractivity contribution in [3.63, 3.8) is 0 Å². The lowest BCUT2D eigenvalue weighted by Crippen LogP contribution is -2.50. The number of guanidine groups is 1. The maximum Gasteiger partial charge on any atom is 0.405 e. The van der Waals surface area contributed by atoms with Crippen molar-refractivity contribution >= 4 is 34.6 Å². The molecule has 2 unspecified atom stereocenters. The summed E-state index contributed by atoms with van der Waals surface area (Å²) in [5, 5.41) is 28.4. The SMILES string of the molecule is CC(C)C[C@]1(c2ccccc2)NC(=N)N(CCCC(C)NC(=O)C(Cc2ccc3ccccc3c2)NC(=O)O)C1=O. The monoisotopic (exact) mass is 557 g/mol. The zero-order chi connectivity index (χ0) is 29.6. The lowest BCUT2D eigenvalue weighted by molar-refractivity contribution is -0.132. The Balaban J connectivity index is 1.35. The number of carbonyl (C=O) groups excluding carboxylic acids is 2. The van der Waals surface area contributed by atoms with Gasteiger partial charge in [0.15, 0.2) is 5.96 Å². The molecule has 1 aliphatic rings. The molecular formula is C32H39N5O4. The molecule has 1 heterocycles. The molecule has 0 aromatic heterocycles. The first-order valence-electron chi connectivity index (χ1n) is 14.1. The fourth-order valence-corrected chi connectivity index (χ4v) is 5.59. The van der Waals surface area contributed by atoms with E-state index in [1.165, 1.54) is 4.90 Å². The van der Waals surface area contributed by atoms with Gasteiger partial charge >= 0.3 is 6.09 Å². The second-order valence-corrected chi connectivity index (χ2v) is 11.2. The summed E-state index contributed by atoms with van der Waals surface area (Å²) in [5.74, 6) is -0.228. The van der Waals surface area contributed by atoms with E-state index in [0.717, 1.165) is 21.9 Å². The molecule has 4 rings (SSSR count). The third-order valence-corrected chi connectivity index (χ3v) is 7.47. The van der Waals surface area contributed by atoms with Gasteiger partial charge in [0.1, 0.15) is 11.6 Å². The highest BCUT2D eigenvalue weighted by atomic mass is 16.4. The summed E-state index contributed by atoms with van der Waals surface area (Å²) in [6.07, 6.45) is 0.640. The second kappa shape index (κ2) is 12.8. The van der Waals surface area contributed by atoms with Crippen LogP contribution >= 0.6 is 0 Å². The van der Waals surface area contributed by atoms with E-state index in [9.17, 15) is 19.5 Å². The average molecular weight is 558 g/mol. The molecule has 216 valence electrons. The van der Waals surface area contributed by atoms with Gasteiger partial charge in [-0.1, -0.05) is 86.6 Å². The number of fused-ring (bicyclic) bond motifs is 1. The van der Waals surface area contributed by atoms with E-state index in [1.807, 2.05) is 79.7 Å². The Hall–Kier alpha value is -4.40. The number of benzene rings is 3. The van der Waals surface area contributed by atoms with Crippen LogP contribution in [0, 0.1) is 11.3 Å². The van der Waals surface area contributed by atoms with Crippen LogP contribution in [0.3, 0.4) is 0 Å². The van der Waals surface area contributed by atoms with Gasteiger partial charge in [0.25, 0.3) is 5.91 Å². The first-order valence-corrected chi connectivity index (χ1v) is 14.1. The van der Waals surface area contributed by atoms with E-state index in [0.29, 0.717) is 25.8 Å². The molecule has 3 amide bonds. The zero-order valence-corrected chi connectivity index (χ0v) is 23.8. The second-order valence-electron chi connectivity index (χ2n) is 11.2. The Kier molecular flexibility index (Phi) is 9.27. The predicted octanol–water partition coefficient (Wildman–Crippen LogP) is 4.61. The minimum Gasteiger partial charge on any atom is -0.465 e. The molecule has 41 heavy (non-hydrogen) atoms. The Morgan fingerprint density at radius 1 is 0.976 bits per heavy atom. The van der Waals surface area contributed by atoms with Crippen molar-refractivity contribution in [2.45, 2.75) is 64.1 Å². The smallest absolute Gasteiger partial charge is 0.405 e. The maximum absolute atomic E-state index is 13.7. The Bertz CT molecular complexity index is 1410. The molecule has 0 bridgehead atoms. The number of carboxylic acid groups (broad SMARTS) is 1. The molecule has 3 atom stereocenters. The molecule has 0 spiro atoms. The molecule has 9 heteroatoms. The quantitative estimate of drug-likeness (QED) is 0.222. The number of rotatable bonds is 12. The first-order chi connectivity index (χ1) is 19.6. The highest BCUT2D eigenvalue weighted by Gasteiger charge is 2.50. The summed E-state index contributed by atoms with van der Waals surface area (Å²) in [4.78, 5) is 39.7. The van der Waals surface area contributed by atoms with Gasteiger partial charge in [-0.3, -0.25) is 19.9 Å². The summed E-state index contributed by atoms with van der Waals surface area (Å²) < 4.78 is 0. The van der Waals surface area contributed by atoms with E-state index in [1.54, 1.807) is 0 Å². The van der Waals surface area contributed by atoms with Crippen molar-refractivity contribution in [3.05, 3.63) is 83.9 Å². The number of nitrogens with one attached hydrogen (secondary N) is 4.